The maximum absolute atomic E-state index is 12.2. The number of carbonyl (C=O) groups is 2. The quantitative estimate of drug-likeness (QED) is 0.610. The van der Waals surface area contributed by atoms with Gasteiger partial charge in [0.25, 0.3) is 5.22 Å². The van der Waals surface area contributed by atoms with Gasteiger partial charge in [-0.05, 0) is 37.1 Å². The van der Waals surface area contributed by atoms with Gasteiger partial charge in [-0.2, -0.15) is 0 Å². The zero-order chi connectivity index (χ0) is 17.1. The second-order valence-corrected chi connectivity index (χ2v) is 7.04. The summed E-state index contributed by atoms with van der Waals surface area (Å²) in [5.74, 6) is 1.17. The van der Waals surface area contributed by atoms with Gasteiger partial charge in [-0.1, -0.05) is 25.6 Å². The number of hydrogen-bond donors (Lipinski definition) is 1. The molecular weight excluding hydrogens is 326 g/mol. The van der Waals surface area contributed by atoms with Crippen molar-refractivity contribution in [2.75, 3.05) is 11.1 Å². The smallest absolute Gasteiger partial charge is 0.277 e. The standard InChI is InChI=1S/C17H19N3O3S/c1-10(2)15(22)18-13-7-5-11(6-8-13)14(21)9-24-17-20-19-16(23-17)12-3-4-12/h5-8,10,12H,3-4,9H2,1-2H3,(H,18,22). The Labute approximate surface area is 144 Å². The average molecular weight is 345 g/mol. The number of anilines is 1. The molecule has 0 saturated heterocycles. The Hall–Kier alpha value is -2.15. The molecule has 7 heteroatoms. The van der Waals surface area contributed by atoms with Crippen molar-refractivity contribution < 1.29 is 14.0 Å². The highest BCUT2D eigenvalue weighted by atomic mass is 32.2. The van der Waals surface area contributed by atoms with E-state index in [1.165, 1.54) is 11.8 Å². The third-order valence-corrected chi connectivity index (χ3v) is 4.49. The van der Waals surface area contributed by atoms with Crippen molar-refractivity contribution in [3.63, 3.8) is 0 Å². The van der Waals surface area contributed by atoms with Crippen LogP contribution in [-0.2, 0) is 4.79 Å². The number of hydrogen-bond acceptors (Lipinski definition) is 6. The first kappa shape index (κ1) is 16.7. The molecule has 1 heterocycles. The lowest BCUT2D eigenvalue weighted by Crippen LogP contribution is -2.17. The van der Waals surface area contributed by atoms with Gasteiger partial charge in [0.1, 0.15) is 0 Å². The van der Waals surface area contributed by atoms with Crippen LogP contribution in [0.3, 0.4) is 0 Å². The van der Waals surface area contributed by atoms with Gasteiger partial charge in [0.15, 0.2) is 5.78 Å². The van der Waals surface area contributed by atoms with Crippen molar-refractivity contribution >= 4 is 29.1 Å². The first-order valence-electron chi connectivity index (χ1n) is 7.93. The van der Waals surface area contributed by atoms with E-state index in [1.54, 1.807) is 24.3 Å². The van der Waals surface area contributed by atoms with Crippen LogP contribution >= 0.6 is 11.8 Å². The predicted octanol–water partition coefficient (Wildman–Crippen LogP) is 3.52. The topological polar surface area (TPSA) is 85.1 Å². The maximum Gasteiger partial charge on any atom is 0.277 e. The van der Waals surface area contributed by atoms with Gasteiger partial charge in [-0.15, -0.1) is 10.2 Å². The number of aromatic nitrogens is 2. The number of Topliss-reactive ketones (excluding diaryl/α,β-unsaturated/α-hetero) is 1. The average Bonchev–Trinajstić information content (AvgIpc) is 3.32. The predicted molar refractivity (Wildman–Crippen MR) is 91.2 cm³/mol. The van der Waals surface area contributed by atoms with Crippen molar-refractivity contribution in [1.82, 2.24) is 10.2 Å². The Morgan fingerprint density at radius 3 is 2.58 bits per heavy atom. The van der Waals surface area contributed by atoms with Gasteiger partial charge in [-0.3, -0.25) is 9.59 Å². The molecule has 0 atom stereocenters. The summed E-state index contributed by atoms with van der Waals surface area (Å²) in [5.41, 5.74) is 1.27. The molecule has 1 saturated carbocycles. The van der Waals surface area contributed by atoms with E-state index in [9.17, 15) is 9.59 Å². The zero-order valence-electron chi connectivity index (χ0n) is 13.6. The van der Waals surface area contributed by atoms with Gasteiger partial charge in [0, 0.05) is 23.1 Å². The number of benzene rings is 1. The zero-order valence-corrected chi connectivity index (χ0v) is 14.4. The number of carbonyl (C=O) groups excluding carboxylic acids is 2. The first-order valence-corrected chi connectivity index (χ1v) is 8.92. The van der Waals surface area contributed by atoms with Gasteiger partial charge in [0.2, 0.25) is 11.8 Å². The molecule has 0 aliphatic heterocycles. The number of nitrogens with zero attached hydrogens (tertiary/aromatic N) is 2. The maximum atomic E-state index is 12.2. The Morgan fingerprint density at radius 1 is 1.25 bits per heavy atom. The molecule has 1 aliphatic carbocycles. The number of amides is 1. The Kier molecular flexibility index (Phi) is 4.99. The summed E-state index contributed by atoms with van der Waals surface area (Å²) in [6.45, 7) is 3.66. The third kappa shape index (κ3) is 4.23. The van der Waals surface area contributed by atoms with E-state index in [0.29, 0.717) is 28.3 Å². The molecule has 0 radical (unpaired) electrons. The molecule has 0 unspecified atom stereocenters. The molecule has 0 bridgehead atoms. The minimum absolute atomic E-state index is 0.0205. The van der Waals surface area contributed by atoms with Gasteiger partial charge >= 0.3 is 0 Å². The van der Waals surface area contributed by atoms with Crippen LogP contribution in [0.25, 0.3) is 0 Å². The molecule has 1 aliphatic rings. The molecule has 1 N–H and O–H groups in total. The third-order valence-electron chi connectivity index (χ3n) is 3.67. The molecular formula is C17H19N3O3S. The second kappa shape index (κ2) is 7.17. The fraction of sp³-hybridized carbons (Fsp3) is 0.412. The van der Waals surface area contributed by atoms with E-state index in [-0.39, 0.29) is 23.4 Å². The molecule has 1 fully saturated rings. The van der Waals surface area contributed by atoms with Crippen LogP contribution in [0.5, 0.6) is 0 Å². The van der Waals surface area contributed by atoms with Gasteiger partial charge < -0.3 is 9.73 Å². The molecule has 1 aromatic carbocycles. The Balaban J connectivity index is 1.53. The van der Waals surface area contributed by atoms with Crippen LogP contribution < -0.4 is 5.32 Å². The van der Waals surface area contributed by atoms with Crippen molar-refractivity contribution in [1.29, 1.82) is 0 Å². The van der Waals surface area contributed by atoms with Gasteiger partial charge in [-0.25, -0.2) is 0 Å². The lowest BCUT2D eigenvalue weighted by atomic mass is 10.1. The SMILES string of the molecule is CC(C)C(=O)Nc1ccc(C(=O)CSc2nnc(C3CC3)o2)cc1. The fourth-order valence-corrected chi connectivity index (χ4v) is 2.67. The first-order chi connectivity index (χ1) is 11.5. The normalized spacial score (nSPS) is 14.0. The molecule has 1 aromatic heterocycles. The minimum Gasteiger partial charge on any atom is -0.416 e. The van der Waals surface area contributed by atoms with Gasteiger partial charge in [0.05, 0.1) is 5.75 Å². The van der Waals surface area contributed by atoms with Crippen molar-refractivity contribution in [2.24, 2.45) is 5.92 Å². The van der Waals surface area contributed by atoms with Crippen LogP contribution in [0.4, 0.5) is 5.69 Å². The summed E-state index contributed by atoms with van der Waals surface area (Å²) in [4.78, 5) is 23.9. The highest BCUT2D eigenvalue weighted by Crippen LogP contribution is 2.39. The number of thioether (sulfide) groups is 1. The summed E-state index contributed by atoms with van der Waals surface area (Å²) >= 11 is 1.25. The lowest BCUT2D eigenvalue weighted by molar-refractivity contribution is -0.118. The summed E-state index contributed by atoms with van der Waals surface area (Å²) < 4.78 is 5.52. The number of rotatable bonds is 7. The van der Waals surface area contributed by atoms with E-state index >= 15 is 0 Å². The fourth-order valence-electron chi connectivity index (χ4n) is 2.01. The van der Waals surface area contributed by atoms with Crippen LogP contribution in [0.2, 0.25) is 0 Å². The van der Waals surface area contributed by atoms with Crippen LogP contribution in [0, 0.1) is 5.92 Å². The molecule has 24 heavy (non-hydrogen) atoms. The lowest BCUT2D eigenvalue weighted by Gasteiger charge is -2.08. The van der Waals surface area contributed by atoms with Crippen molar-refractivity contribution in [3.8, 4) is 0 Å². The van der Waals surface area contributed by atoms with Crippen LogP contribution in [0.1, 0.15) is 48.9 Å². The molecule has 0 spiro atoms. The Bertz CT molecular complexity index is 736. The largest absolute Gasteiger partial charge is 0.416 e. The molecule has 126 valence electrons. The Morgan fingerprint density at radius 2 is 1.96 bits per heavy atom. The molecule has 6 nitrogen and oxygen atoms in total. The van der Waals surface area contributed by atoms with E-state index in [4.69, 9.17) is 4.42 Å². The summed E-state index contributed by atoms with van der Waals surface area (Å²) in [5, 5.41) is 11.2. The van der Waals surface area contributed by atoms with Crippen molar-refractivity contribution in [2.45, 2.75) is 37.8 Å². The summed E-state index contributed by atoms with van der Waals surface area (Å²) in [6, 6.07) is 6.89. The van der Waals surface area contributed by atoms with E-state index < -0.39 is 0 Å². The molecule has 2 aromatic rings. The van der Waals surface area contributed by atoms with E-state index in [2.05, 4.69) is 15.5 Å². The monoisotopic (exact) mass is 345 g/mol. The summed E-state index contributed by atoms with van der Waals surface area (Å²) in [6.07, 6.45) is 2.20. The molecule has 3 rings (SSSR count). The van der Waals surface area contributed by atoms with Crippen LogP contribution in [0.15, 0.2) is 33.9 Å². The summed E-state index contributed by atoms with van der Waals surface area (Å²) in [7, 11) is 0. The minimum atomic E-state index is -0.0855. The number of ketones is 1. The van der Waals surface area contributed by atoms with E-state index in [0.717, 1.165) is 12.8 Å². The van der Waals surface area contributed by atoms with Crippen LogP contribution in [-0.4, -0.2) is 27.6 Å². The molecule has 1 amide bonds. The second-order valence-electron chi connectivity index (χ2n) is 6.11. The highest BCUT2D eigenvalue weighted by molar-refractivity contribution is 7.99. The highest BCUT2D eigenvalue weighted by Gasteiger charge is 2.29. The van der Waals surface area contributed by atoms with E-state index in [1.807, 2.05) is 13.8 Å². The number of nitrogens with one attached hydrogen (secondary N) is 1. The van der Waals surface area contributed by atoms with Crippen molar-refractivity contribution in [3.05, 3.63) is 35.7 Å².